The Kier molecular flexibility index (Phi) is 6.04. The number of halogens is 2. The molecule has 30 heavy (non-hydrogen) atoms. The van der Waals surface area contributed by atoms with E-state index in [-0.39, 0.29) is 26.7 Å². The van der Waals surface area contributed by atoms with E-state index < -0.39 is 27.7 Å². The number of nitrogens with two attached hydrogens (primary N) is 1. The van der Waals surface area contributed by atoms with Crippen LogP contribution in [0, 0.1) is 5.82 Å². The number of amides is 2. The average molecular weight is 448 g/mol. The van der Waals surface area contributed by atoms with Gasteiger partial charge in [0, 0.05) is 16.9 Å². The Balaban J connectivity index is 1.70. The van der Waals surface area contributed by atoms with Crippen molar-refractivity contribution in [3.05, 3.63) is 88.7 Å². The molecular weight excluding hydrogens is 433 g/mol. The second-order valence-electron chi connectivity index (χ2n) is 6.15. The predicted octanol–water partition coefficient (Wildman–Crippen LogP) is 3.63. The van der Waals surface area contributed by atoms with Gasteiger partial charge in [0.25, 0.3) is 15.9 Å². The Labute approximate surface area is 176 Å². The molecule has 0 radical (unpaired) electrons. The topological polar surface area (TPSA) is 118 Å². The minimum Gasteiger partial charge on any atom is -0.366 e. The minimum absolute atomic E-state index is 0.0954. The number of rotatable bonds is 6. The summed E-state index contributed by atoms with van der Waals surface area (Å²) in [5.41, 5.74) is 6.16. The van der Waals surface area contributed by atoms with E-state index >= 15 is 0 Å². The van der Waals surface area contributed by atoms with Crippen LogP contribution in [0.3, 0.4) is 0 Å². The third-order valence-corrected chi connectivity index (χ3v) is 5.73. The maximum absolute atomic E-state index is 13.0. The van der Waals surface area contributed by atoms with Crippen LogP contribution in [0.5, 0.6) is 0 Å². The van der Waals surface area contributed by atoms with Crippen molar-refractivity contribution in [1.29, 1.82) is 0 Å². The molecule has 3 aromatic rings. The Bertz CT molecular complexity index is 1210. The van der Waals surface area contributed by atoms with E-state index in [1.807, 2.05) is 0 Å². The number of anilines is 2. The van der Waals surface area contributed by atoms with E-state index in [4.69, 9.17) is 17.3 Å². The minimum atomic E-state index is -3.90. The molecule has 0 saturated heterocycles. The number of carbonyl (C=O) groups is 2. The van der Waals surface area contributed by atoms with Crippen molar-refractivity contribution in [2.75, 3.05) is 10.0 Å². The SMILES string of the molecule is NC(=O)c1ccc(NC(=O)c2ccc(NS(=O)(=O)c3ccc(F)cc3)cc2)cc1Cl. The highest BCUT2D eigenvalue weighted by Crippen LogP contribution is 2.22. The summed E-state index contributed by atoms with van der Waals surface area (Å²) in [4.78, 5) is 23.5. The van der Waals surface area contributed by atoms with Gasteiger partial charge in [-0.3, -0.25) is 14.3 Å². The smallest absolute Gasteiger partial charge is 0.261 e. The maximum atomic E-state index is 13.0. The van der Waals surface area contributed by atoms with E-state index in [1.54, 1.807) is 0 Å². The van der Waals surface area contributed by atoms with Gasteiger partial charge in [0.05, 0.1) is 15.5 Å². The summed E-state index contributed by atoms with van der Waals surface area (Å²) in [5.74, 6) is -1.70. The largest absolute Gasteiger partial charge is 0.366 e. The number of benzene rings is 3. The second-order valence-corrected chi connectivity index (χ2v) is 8.24. The van der Waals surface area contributed by atoms with Crippen molar-refractivity contribution in [2.45, 2.75) is 4.90 Å². The summed E-state index contributed by atoms with van der Waals surface area (Å²) in [6, 6.07) is 14.3. The molecule has 4 N–H and O–H groups in total. The zero-order valence-electron chi connectivity index (χ0n) is 15.2. The molecule has 0 unspecified atom stereocenters. The Hall–Kier alpha value is -3.43. The van der Waals surface area contributed by atoms with Gasteiger partial charge in [0.2, 0.25) is 5.91 Å². The number of nitrogens with one attached hydrogen (secondary N) is 2. The van der Waals surface area contributed by atoms with E-state index in [0.717, 1.165) is 24.3 Å². The van der Waals surface area contributed by atoms with Crippen LogP contribution in [0.2, 0.25) is 5.02 Å². The molecule has 0 saturated carbocycles. The Morgan fingerprint density at radius 1 is 0.900 bits per heavy atom. The molecule has 0 bridgehead atoms. The molecular formula is C20H15ClFN3O4S. The van der Waals surface area contributed by atoms with Gasteiger partial charge in [0.15, 0.2) is 0 Å². The van der Waals surface area contributed by atoms with E-state index in [2.05, 4.69) is 10.0 Å². The fourth-order valence-electron chi connectivity index (χ4n) is 2.51. The number of sulfonamides is 1. The van der Waals surface area contributed by atoms with Gasteiger partial charge in [-0.05, 0) is 66.7 Å². The molecule has 0 spiro atoms. The standard InChI is InChI=1S/C20H15ClFN3O4S/c21-18-11-15(7-10-17(18)19(23)26)24-20(27)12-1-5-14(6-2-12)25-30(28,29)16-8-3-13(22)4-9-16/h1-11,25H,(H2,23,26)(H,24,27). The Morgan fingerprint density at radius 2 is 1.50 bits per heavy atom. The summed E-state index contributed by atoms with van der Waals surface area (Å²) in [5, 5.41) is 2.72. The highest BCUT2D eigenvalue weighted by molar-refractivity contribution is 7.92. The lowest BCUT2D eigenvalue weighted by molar-refractivity contribution is 0.0998. The van der Waals surface area contributed by atoms with Crippen molar-refractivity contribution in [3.8, 4) is 0 Å². The lowest BCUT2D eigenvalue weighted by Gasteiger charge is -2.10. The molecule has 3 aromatic carbocycles. The molecule has 3 rings (SSSR count). The normalized spacial score (nSPS) is 11.0. The summed E-state index contributed by atoms with van der Waals surface area (Å²) in [7, 11) is -3.90. The molecule has 0 heterocycles. The van der Waals surface area contributed by atoms with Crippen LogP contribution in [0.25, 0.3) is 0 Å². The monoisotopic (exact) mass is 447 g/mol. The van der Waals surface area contributed by atoms with Crippen molar-refractivity contribution in [3.63, 3.8) is 0 Å². The Morgan fingerprint density at radius 3 is 2.07 bits per heavy atom. The molecule has 7 nitrogen and oxygen atoms in total. The van der Waals surface area contributed by atoms with Crippen molar-refractivity contribution in [2.24, 2.45) is 5.73 Å². The molecule has 0 aliphatic heterocycles. The van der Waals surface area contributed by atoms with Gasteiger partial charge in [-0.1, -0.05) is 11.6 Å². The molecule has 154 valence electrons. The van der Waals surface area contributed by atoms with Gasteiger partial charge in [0.1, 0.15) is 5.82 Å². The van der Waals surface area contributed by atoms with E-state index in [0.29, 0.717) is 5.69 Å². The zero-order valence-corrected chi connectivity index (χ0v) is 16.8. The van der Waals surface area contributed by atoms with E-state index in [1.165, 1.54) is 42.5 Å². The first kappa shape index (κ1) is 21.3. The van der Waals surface area contributed by atoms with Crippen LogP contribution in [0.1, 0.15) is 20.7 Å². The number of carbonyl (C=O) groups excluding carboxylic acids is 2. The van der Waals surface area contributed by atoms with Crippen LogP contribution < -0.4 is 15.8 Å². The number of hydrogen-bond donors (Lipinski definition) is 3. The molecule has 0 fully saturated rings. The number of primary amides is 1. The van der Waals surface area contributed by atoms with Gasteiger partial charge < -0.3 is 11.1 Å². The van der Waals surface area contributed by atoms with Crippen molar-refractivity contribution < 1.29 is 22.4 Å². The fourth-order valence-corrected chi connectivity index (χ4v) is 3.85. The van der Waals surface area contributed by atoms with Gasteiger partial charge in [-0.2, -0.15) is 0 Å². The highest BCUT2D eigenvalue weighted by atomic mass is 35.5. The molecule has 0 aromatic heterocycles. The van der Waals surface area contributed by atoms with Crippen LogP contribution >= 0.6 is 11.6 Å². The molecule has 0 atom stereocenters. The van der Waals surface area contributed by atoms with Gasteiger partial charge in [-0.15, -0.1) is 0 Å². The summed E-state index contributed by atoms with van der Waals surface area (Å²) in [6.07, 6.45) is 0. The highest BCUT2D eigenvalue weighted by Gasteiger charge is 2.15. The van der Waals surface area contributed by atoms with Gasteiger partial charge in [-0.25, -0.2) is 12.8 Å². The lowest BCUT2D eigenvalue weighted by atomic mass is 10.1. The second kappa shape index (κ2) is 8.52. The first-order valence-corrected chi connectivity index (χ1v) is 10.3. The average Bonchev–Trinajstić information content (AvgIpc) is 2.68. The third-order valence-electron chi connectivity index (χ3n) is 4.02. The van der Waals surface area contributed by atoms with Crippen LogP contribution in [0.15, 0.2) is 71.6 Å². The molecule has 10 heteroatoms. The fraction of sp³-hybridized carbons (Fsp3) is 0. The van der Waals surface area contributed by atoms with Gasteiger partial charge >= 0.3 is 0 Å². The first-order valence-electron chi connectivity index (χ1n) is 8.45. The first-order chi connectivity index (χ1) is 14.2. The maximum Gasteiger partial charge on any atom is 0.261 e. The van der Waals surface area contributed by atoms with Crippen LogP contribution in [0.4, 0.5) is 15.8 Å². The molecule has 2 amide bonds. The summed E-state index contributed by atoms with van der Waals surface area (Å²) < 4.78 is 40.0. The summed E-state index contributed by atoms with van der Waals surface area (Å²) in [6.45, 7) is 0. The number of hydrogen-bond acceptors (Lipinski definition) is 4. The quantitative estimate of drug-likeness (QED) is 0.534. The van der Waals surface area contributed by atoms with Crippen LogP contribution in [-0.4, -0.2) is 20.2 Å². The van der Waals surface area contributed by atoms with Crippen molar-refractivity contribution >= 4 is 44.8 Å². The lowest BCUT2D eigenvalue weighted by Crippen LogP contribution is -2.15. The third kappa shape index (κ3) is 4.94. The predicted molar refractivity (Wildman–Crippen MR) is 112 cm³/mol. The van der Waals surface area contributed by atoms with Crippen molar-refractivity contribution in [1.82, 2.24) is 0 Å². The zero-order chi connectivity index (χ0) is 21.9. The van der Waals surface area contributed by atoms with E-state index in [9.17, 15) is 22.4 Å². The van der Waals surface area contributed by atoms with Crippen LogP contribution in [-0.2, 0) is 10.0 Å². The molecule has 0 aliphatic rings. The molecule has 0 aliphatic carbocycles. The summed E-state index contributed by atoms with van der Waals surface area (Å²) >= 11 is 5.96.